The Hall–Kier alpha value is -1.55. The topological polar surface area (TPSA) is 66.4 Å². The molecule has 2 N–H and O–H groups in total. The van der Waals surface area contributed by atoms with Crippen molar-refractivity contribution in [3.8, 4) is 0 Å². The van der Waals surface area contributed by atoms with Crippen LogP contribution in [0.1, 0.15) is 41.6 Å². The van der Waals surface area contributed by atoms with Gasteiger partial charge in [-0.1, -0.05) is 24.1 Å². The van der Waals surface area contributed by atoms with E-state index < -0.39 is 5.97 Å². The number of carboxylic acids is 1. The molecule has 1 amide bonds. The second-order valence-corrected chi connectivity index (χ2v) is 4.83. The number of amides is 1. The highest BCUT2D eigenvalue weighted by Gasteiger charge is 2.06. The van der Waals surface area contributed by atoms with Crippen LogP contribution in [0.2, 0.25) is 5.02 Å². The Balaban J connectivity index is 2.27. The molecule has 0 unspecified atom stereocenters. The lowest BCUT2D eigenvalue weighted by atomic mass is 10.1. The van der Waals surface area contributed by atoms with Gasteiger partial charge in [0.1, 0.15) is 0 Å². The molecule has 4 nitrogen and oxygen atoms in total. The van der Waals surface area contributed by atoms with E-state index in [0.29, 0.717) is 23.6 Å². The molecule has 0 aliphatic heterocycles. The van der Waals surface area contributed by atoms with Gasteiger partial charge in [0.25, 0.3) is 5.91 Å². The maximum atomic E-state index is 11.8. The van der Waals surface area contributed by atoms with Crippen molar-refractivity contribution in [1.29, 1.82) is 0 Å². The molecular formula is C14H18ClNO3. The van der Waals surface area contributed by atoms with Crippen molar-refractivity contribution in [3.05, 3.63) is 34.3 Å². The number of rotatable bonds is 7. The zero-order chi connectivity index (χ0) is 14.3. The molecule has 0 fully saturated rings. The van der Waals surface area contributed by atoms with E-state index in [-0.39, 0.29) is 12.3 Å². The zero-order valence-corrected chi connectivity index (χ0v) is 11.7. The van der Waals surface area contributed by atoms with E-state index in [9.17, 15) is 9.59 Å². The molecule has 5 heteroatoms. The molecule has 0 aliphatic carbocycles. The maximum absolute atomic E-state index is 11.8. The lowest BCUT2D eigenvalue weighted by Gasteiger charge is -2.06. The van der Waals surface area contributed by atoms with Crippen LogP contribution in [-0.2, 0) is 4.79 Å². The summed E-state index contributed by atoms with van der Waals surface area (Å²) in [5.74, 6) is -0.932. The van der Waals surface area contributed by atoms with E-state index in [4.69, 9.17) is 16.7 Å². The first kappa shape index (κ1) is 15.5. The second kappa shape index (κ2) is 7.79. The van der Waals surface area contributed by atoms with Crippen LogP contribution < -0.4 is 5.32 Å². The van der Waals surface area contributed by atoms with Crippen molar-refractivity contribution in [3.63, 3.8) is 0 Å². The first-order valence-electron chi connectivity index (χ1n) is 6.27. The summed E-state index contributed by atoms with van der Waals surface area (Å²) in [6, 6.07) is 5.20. The molecule has 0 bridgehead atoms. The SMILES string of the molecule is Cc1ccc(C(=O)NCCCCCC(=O)O)cc1Cl. The molecule has 0 heterocycles. The van der Waals surface area contributed by atoms with Gasteiger partial charge in [-0.3, -0.25) is 9.59 Å². The Morgan fingerprint density at radius 3 is 2.63 bits per heavy atom. The molecule has 0 radical (unpaired) electrons. The number of aryl methyl sites for hydroxylation is 1. The second-order valence-electron chi connectivity index (χ2n) is 4.42. The van der Waals surface area contributed by atoms with E-state index in [1.54, 1.807) is 12.1 Å². The van der Waals surface area contributed by atoms with Crippen LogP contribution in [0.5, 0.6) is 0 Å². The number of nitrogens with one attached hydrogen (secondary N) is 1. The van der Waals surface area contributed by atoms with Crippen molar-refractivity contribution >= 4 is 23.5 Å². The molecule has 19 heavy (non-hydrogen) atoms. The summed E-state index contributed by atoms with van der Waals surface area (Å²) in [5.41, 5.74) is 1.48. The number of unbranched alkanes of at least 4 members (excludes halogenated alkanes) is 2. The molecule has 0 aromatic heterocycles. The minimum absolute atomic E-state index is 0.153. The van der Waals surface area contributed by atoms with Gasteiger partial charge < -0.3 is 10.4 Å². The van der Waals surface area contributed by atoms with E-state index in [0.717, 1.165) is 18.4 Å². The van der Waals surface area contributed by atoms with Gasteiger partial charge in [0.15, 0.2) is 0 Å². The van der Waals surface area contributed by atoms with Gasteiger partial charge in [-0.15, -0.1) is 0 Å². The molecule has 0 saturated carbocycles. The minimum Gasteiger partial charge on any atom is -0.481 e. The first-order valence-corrected chi connectivity index (χ1v) is 6.64. The van der Waals surface area contributed by atoms with Crippen molar-refractivity contribution in [1.82, 2.24) is 5.32 Å². The number of aliphatic carboxylic acids is 1. The Labute approximate surface area is 117 Å². The third-order valence-corrected chi connectivity index (χ3v) is 3.19. The number of carbonyl (C=O) groups excluding carboxylic acids is 1. The number of benzene rings is 1. The predicted octanol–water partition coefficient (Wildman–Crippen LogP) is 3.02. The third-order valence-electron chi connectivity index (χ3n) is 2.79. The van der Waals surface area contributed by atoms with Crippen LogP contribution >= 0.6 is 11.6 Å². The molecule has 0 spiro atoms. The van der Waals surface area contributed by atoms with Gasteiger partial charge in [0.05, 0.1) is 0 Å². The average Bonchev–Trinajstić information content (AvgIpc) is 2.36. The molecule has 104 valence electrons. The Kier molecular flexibility index (Phi) is 6.36. The summed E-state index contributed by atoms with van der Waals surface area (Å²) in [6.45, 7) is 2.43. The van der Waals surface area contributed by atoms with Crippen LogP contribution in [0.25, 0.3) is 0 Å². The standard InChI is InChI=1S/C14H18ClNO3/c1-10-6-7-11(9-12(10)15)14(19)16-8-4-2-3-5-13(17)18/h6-7,9H,2-5,8H2,1H3,(H,16,19)(H,17,18). The third kappa shape index (κ3) is 5.75. The van der Waals surface area contributed by atoms with Crippen LogP contribution in [0.4, 0.5) is 0 Å². The van der Waals surface area contributed by atoms with E-state index in [2.05, 4.69) is 5.32 Å². The summed E-state index contributed by atoms with van der Waals surface area (Å²) < 4.78 is 0. The molecule has 0 atom stereocenters. The highest BCUT2D eigenvalue weighted by molar-refractivity contribution is 6.31. The Morgan fingerprint density at radius 2 is 2.00 bits per heavy atom. The van der Waals surface area contributed by atoms with Gasteiger partial charge in [-0.2, -0.15) is 0 Å². The minimum atomic E-state index is -0.779. The van der Waals surface area contributed by atoms with Crippen molar-refractivity contribution in [2.75, 3.05) is 6.54 Å². The summed E-state index contributed by atoms with van der Waals surface area (Å²) >= 11 is 5.95. The summed E-state index contributed by atoms with van der Waals surface area (Å²) in [5, 5.41) is 11.8. The maximum Gasteiger partial charge on any atom is 0.303 e. The summed E-state index contributed by atoms with van der Waals surface area (Å²) in [7, 11) is 0. The van der Waals surface area contributed by atoms with Gasteiger partial charge >= 0.3 is 5.97 Å². The van der Waals surface area contributed by atoms with Crippen LogP contribution in [0, 0.1) is 6.92 Å². The fourth-order valence-corrected chi connectivity index (χ4v) is 1.80. The predicted molar refractivity (Wildman–Crippen MR) is 74.6 cm³/mol. The lowest BCUT2D eigenvalue weighted by Crippen LogP contribution is -2.24. The zero-order valence-electron chi connectivity index (χ0n) is 10.9. The lowest BCUT2D eigenvalue weighted by molar-refractivity contribution is -0.137. The van der Waals surface area contributed by atoms with Gasteiger partial charge in [0.2, 0.25) is 0 Å². The smallest absolute Gasteiger partial charge is 0.303 e. The van der Waals surface area contributed by atoms with Crippen molar-refractivity contribution in [2.24, 2.45) is 0 Å². The molecular weight excluding hydrogens is 266 g/mol. The van der Waals surface area contributed by atoms with Gasteiger partial charge in [-0.25, -0.2) is 0 Å². The monoisotopic (exact) mass is 283 g/mol. The molecule has 0 aliphatic rings. The first-order chi connectivity index (χ1) is 9.00. The molecule has 1 rings (SSSR count). The van der Waals surface area contributed by atoms with E-state index in [1.165, 1.54) is 0 Å². The number of hydrogen-bond acceptors (Lipinski definition) is 2. The highest BCUT2D eigenvalue weighted by Crippen LogP contribution is 2.16. The number of carbonyl (C=O) groups is 2. The molecule has 1 aromatic carbocycles. The summed E-state index contributed by atoms with van der Waals surface area (Å²) in [4.78, 5) is 22.1. The van der Waals surface area contributed by atoms with Crippen LogP contribution in [0.15, 0.2) is 18.2 Å². The van der Waals surface area contributed by atoms with Crippen LogP contribution in [-0.4, -0.2) is 23.5 Å². The van der Waals surface area contributed by atoms with Crippen LogP contribution in [0.3, 0.4) is 0 Å². The highest BCUT2D eigenvalue weighted by atomic mass is 35.5. The van der Waals surface area contributed by atoms with Crippen molar-refractivity contribution in [2.45, 2.75) is 32.6 Å². The normalized spacial score (nSPS) is 10.2. The summed E-state index contributed by atoms with van der Waals surface area (Å²) in [6.07, 6.45) is 2.39. The van der Waals surface area contributed by atoms with Crippen molar-refractivity contribution < 1.29 is 14.7 Å². The molecule has 0 saturated heterocycles. The van der Waals surface area contributed by atoms with E-state index in [1.807, 2.05) is 13.0 Å². The Bertz CT molecular complexity index is 460. The average molecular weight is 284 g/mol. The Morgan fingerprint density at radius 1 is 1.26 bits per heavy atom. The largest absolute Gasteiger partial charge is 0.481 e. The number of halogens is 1. The molecule has 1 aromatic rings. The van der Waals surface area contributed by atoms with E-state index >= 15 is 0 Å². The number of hydrogen-bond donors (Lipinski definition) is 2. The quantitative estimate of drug-likeness (QED) is 0.756. The fourth-order valence-electron chi connectivity index (χ4n) is 1.62. The fraction of sp³-hybridized carbons (Fsp3) is 0.429. The van der Waals surface area contributed by atoms with Gasteiger partial charge in [0, 0.05) is 23.6 Å². The number of carboxylic acid groups (broad SMARTS) is 1. The van der Waals surface area contributed by atoms with Gasteiger partial charge in [-0.05, 0) is 37.5 Å².